The van der Waals surface area contributed by atoms with Gasteiger partial charge < -0.3 is 0 Å². The molecular weight excluding hydrogens is 176 g/mol. The van der Waals surface area contributed by atoms with E-state index >= 15 is 0 Å². The Bertz CT molecular complexity index is 279. The van der Waals surface area contributed by atoms with Gasteiger partial charge in [0.05, 0.1) is 0 Å². The van der Waals surface area contributed by atoms with Crippen molar-refractivity contribution in [3.05, 3.63) is 30.6 Å². The number of rotatable bonds is 6. The average molecular weight is 194 g/mol. The highest BCUT2D eigenvalue weighted by atomic mass is 15.3. The maximum Gasteiger partial charge on any atom is 0.0492 e. The molecule has 1 unspecified atom stereocenters. The summed E-state index contributed by atoms with van der Waals surface area (Å²) in [5.41, 5.74) is 4.01. The Balaban J connectivity index is 2.39. The zero-order chi connectivity index (χ0) is 10.4. The minimum Gasteiger partial charge on any atom is -0.273 e. The molecule has 1 aromatic rings. The zero-order valence-electron chi connectivity index (χ0n) is 8.61. The second-order valence-corrected chi connectivity index (χ2v) is 3.37. The Morgan fingerprint density at radius 3 is 3.07 bits per heavy atom. The number of nitrogens with two attached hydrogens (primary N) is 1. The van der Waals surface area contributed by atoms with Crippen LogP contribution in [0.15, 0.2) is 24.9 Å². The van der Waals surface area contributed by atoms with Crippen LogP contribution in [0, 0.1) is 0 Å². The van der Waals surface area contributed by atoms with Crippen LogP contribution in [0.25, 0.3) is 0 Å². The first kappa shape index (κ1) is 10.9. The quantitative estimate of drug-likeness (QED) is 0.399. The summed E-state index contributed by atoms with van der Waals surface area (Å²) in [5.74, 6) is 5.42. The topological polar surface area (TPSA) is 55.9 Å². The first-order valence-electron chi connectivity index (χ1n) is 4.81. The van der Waals surface area contributed by atoms with E-state index in [-0.39, 0.29) is 0 Å². The van der Waals surface area contributed by atoms with E-state index < -0.39 is 0 Å². The van der Waals surface area contributed by atoms with Crippen LogP contribution in [-0.2, 0) is 13.5 Å². The second-order valence-electron chi connectivity index (χ2n) is 3.37. The molecule has 78 valence electrons. The van der Waals surface area contributed by atoms with Gasteiger partial charge in [0.2, 0.25) is 0 Å². The van der Waals surface area contributed by atoms with E-state index in [9.17, 15) is 0 Å². The minimum atomic E-state index is 0.308. The summed E-state index contributed by atoms with van der Waals surface area (Å²) in [6.45, 7) is 3.70. The van der Waals surface area contributed by atoms with Crippen LogP contribution in [0.4, 0.5) is 0 Å². The van der Waals surface area contributed by atoms with Gasteiger partial charge in [-0.2, -0.15) is 5.10 Å². The molecular formula is C10H18N4. The largest absolute Gasteiger partial charge is 0.273 e. The van der Waals surface area contributed by atoms with Gasteiger partial charge in [-0.15, -0.1) is 6.58 Å². The third-order valence-corrected chi connectivity index (χ3v) is 2.36. The number of aromatic nitrogens is 2. The molecule has 0 bridgehead atoms. The fourth-order valence-corrected chi connectivity index (χ4v) is 1.44. The van der Waals surface area contributed by atoms with Crippen molar-refractivity contribution in [2.24, 2.45) is 12.9 Å². The fourth-order valence-electron chi connectivity index (χ4n) is 1.44. The van der Waals surface area contributed by atoms with Gasteiger partial charge in [0.15, 0.2) is 0 Å². The number of nitrogens with one attached hydrogen (secondary N) is 1. The molecule has 4 heteroatoms. The molecule has 0 fully saturated rings. The first-order chi connectivity index (χ1) is 6.77. The van der Waals surface area contributed by atoms with Crippen LogP contribution >= 0.6 is 0 Å². The summed E-state index contributed by atoms with van der Waals surface area (Å²) < 4.78 is 1.89. The molecule has 0 saturated heterocycles. The molecule has 1 rings (SSSR count). The van der Waals surface area contributed by atoms with Gasteiger partial charge in [0.1, 0.15) is 0 Å². The van der Waals surface area contributed by atoms with Crippen molar-refractivity contribution < 1.29 is 0 Å². The van der Waals surface area contributed by atoms with Crippen molar-refractivity contribution in [3.63, 3.8) is 0 Å². The number of hydrogen-bond donors (Lipinski definition) is 2. The molecule has 14 heavy (non-hydrogen) atoms. The summed E-state index contributed by atoms with van der Waals surface area (Å²) in [7, 11) is 1.95. The predicted molar refractivity (Wildman–Crippen MR) is 57.5 cm³/mol. The molecule has 0 spiro atoms. The number of nitrogens with zero attached hydrogens (tertiary/aromatic N) is 2. The summed E-state index contributed by atoms with van der Waals surface area (Å²) in [6, 6.07) is 2.34. The lowest BCUT2D eigenvalue weighted by molar-refractivity contribution is 0.491. The molecule has 1 aromatic heterocycles. The molecule has 3 N–H and O–H groups in total. The van der Waals surface area contributed by atoms with E-state index in [2.05, 4.69) is 17.1 Å². The number of hydrogen-bond acceptors (Lipinski definition) is 3. The number of hydrazine groups is 1. The predicted octanol–water partition coefficient (Wildman–Crippen LogP) is 0.761. The van der Waals surface area contributed by atoms with Gasteiger partial charge in [-0.1, -0.05) is 6.08 Å². The summed E-state index contributed by atoms with van der Waals surface area (Å²) >= 11 is 0. The smallest absolute Gasteiger partial charge is 0.0492 e. The molecule has 1 atom stereocenters. The van der Waals surface area contributed by atoms with Gasteiger partial charge in [-0.25, -0.2) is 0 Å². The van der Waals surface area contributed by atoms with Gasteiger partial charge in [-0.05, 0) is 25.3 Å². The van der Waals surface area contributed by atoms with Gasteiger partial charge in [-0.3, -0.25) is 16.0 Å². The highest BCUT2D eigenvalue weighted by Crippen LogP contribution is 2.05. The summed E-state index contributed by atoms with van der Waals surface area (Å²) in [5, 5.41) is 4.11. The van der Waals surface area contributed by atoms with Gasteiger partial charge in [0, 0.05) is 25.0 Å². The molecule has 0 aromatic carbocycles. The standard InChI is InChI=1S/C10H18N4/c1-3-4-9(13-11)5-6-10-7-8-12-14(10)2/h3,7-9,13H,1,4-6,11H2,2H3. The monoisotopic (exact) mass is 194 g/mol. The molecule has 0 aliphatic rings. The van der Waals surface area contributed by atoms with E-state index in [1.54, 1.807) is 0 Å². The Labute approximate surface area is 84.8 Å². The molecule has 0 radical (unpaired) electrons. The van der Waals surface area contributed by atoms with Crippen LogP contribution in [0.5, 0.6) is 0 Å². The van der Waals surface area contributed by atoms with Crippen molar-refractivity contribution in [1.29, 1.82) is 0 Å². The Morgan fingerprint density at radius 1 is 1.79 bits per heavy atom. The van der Waals surface area contributed by atoms with Crippen molar-refractivity contribution in [2.45, 2.75) is 25.3 Å². The highest BCUT2D eigenvalue weighted by molar-refractivity contribution is 5.00. The van der Waals surface area contributed by atoms with E-state index in [1.165, 1.54) is 5.69 Å². The van der Waals surface area contributed by atoms with Crippen molar-refractivity contribution in [2.75, 3.05) is 0 Å². The van der Waals surface area contributed by atoms with Gasteiger partial charge >= 0.3 is 0 Å². The first-order valence-corrected chi connectivity index (χ1v) is 4.81. The second kappa shape index (κ2) is 5.57. The van der Waals surface area contributed by atoms with E-state index in [4.69, 9.17) is 5.84 Å². The van der Waals surface area contributed by atoms with Gasteiger partial charge in [0.25, 0.3) is 0 Å². The van der Waals surface area contributed by atoms with Crippen molar-refractivity contribution in [3.8, 4) is 0 Å². The molecule has 1 heterocycles. The third-order valence-electron chi connectivity index (χ3n) is 2.36. The third kappa shape index (κ3) is 2.97. The van der Waals surface area contributed by atoms with Crippen LogP contribution in [-0.4, -0.2) is 15.8 Å². The Morgan fingerprint density at radius 2 is 2.57 bits per heavy atom. The van der Waals surface area contributed by atoms with E-state index in [0.717, 1.165) is 19.3 Å². The highest BCUT2D eigenvalue weighted by Gasteiger charge is 2.06. The fraction of sp³-hybridized carbons (Fsp3) is 0.500. The van der Waals surface area contributed by atoms with Crippen LogP contribution in [0.3, 0.4) is 0 Å². The lowest BCUT2D eigenvalue weighted by Gasteiger charge is -2.13. The summed E-state index contributed by atoms with van der Waals surface area (Å²) in [6.07, 6.45) is 6.58. The van der Waals surface area contributed by atoms with Crippen molar-refractivity contribution in [1.82, 2.24) is 15.2 Å². The molecule has 0 aliphatic heterocycles. The van der Waals surface area contributed by atoms with E-state index in [0.29, 0.717) is 6.04 Å². The number of aryl methyl sites for hydroxylation is 2. The zero-order valence-corrected chi connectivity index (χ0v) is 8.61. The van der Waals surface area contributed by atoms with Crippen LogP contribution in [0.1, 0.15) is 18.5 Å². The summed E-state index contributed by atoms with van der Waals surface area (Å²) in [4.78, 5) is 0. The molecule has 0 saturated carbocycles. The molecule has 0 amide bonds. The average Bonchev–Trinajstić information content (AvgIpc) is 2.59. The Kier molecular flexibility index (Phi) is 4.35. The molecule has 0 aliphatic carbocycles. The molecule has 4 nitrogen and oxygen atoms in total. The maximum atomic E-state index is 5.42. The van der Waals surface area contributed by atoms with Crippen molar-refractivity contribution >= 4 is 0 Å². The lowest BCUT2D eigenvalue weighted by Crippen LogP contribution is -2.35. The Hall–Kier alpha value is -1.13. The van der Waals surface area contributed by atoms with Crippen LogP contribution in [0.2, 0.25) is 0 Å². The normalized spacial score (nSPS) is 12.7. The lowest BCUT2D eigenvalue weighted by atomic mass is 10.1. The SMILES string of the molecule is C=CCC(CCc1ccnn1C)NN. The van der Waals surface area contributed by atoms with Crippen LogP contribution < -0.4 is 11.3 Å². The van der Waals surface area contributed by atoms with E-state index in [1.807, 2.05) is 30.1 Å². The maximum absolute atomic E-state index is 5.42. The minimum absolute atomic E-state index is 0.308.